The van der Waals surface area contributed by atoms with Crippen LogP contribution in [0.2, 0.25) is 18.1 Å². The average Bonchev–Trinajstić information content (AvgIpc) is 2.55. The van der Waals surface area contributed by atoms with Crippen LogP contribution in [-0.4, -0.2) is 51.8 Å². The number of hydrogen-bond donors (Lipinski definition) is 1. The Hall–Kier alpha value is -1.70. The number of carbonyl (C=O) groups is 2. The minimum atomic E-state index is -1.85. The molecule has 7 heteroatoms. The molecule has 0 saturated heterocycles. The van der Waals surface area contributed by atoms with Crippen molar-refractivity contribution in [3.05, 3.63) is 35.4 Å². The zero-order valence-electron chi connectivity index (χ0n) is 15.6. The topological polar surface area (TPSA) is 82.1 Å². The van der Waals surface area contributed by atoms with Crippen LogP contribution in [0.25, 0.3) is 0 Å². The third-order valence-corrected chi connectivity index (χ3v) is 8.80. The fourth-order valence-electron chi connectivity index (χ4n) is 1.70. The van der Waals surface area contributed by atoms with Crippen LogP contribution in [0.5, 0.6) is 0 Å². The minimum Gasteiger partial charge on any atom is -0.460 e. The molecule has 0 aliphatic heterocycles. The quantitative estimate of drug-likeness (QED) is 0.431. The van der Waals surface area contributed by atoms with Crippen molar-refractivity contribution in [3.8, 4) is 0 Å². The molecule has 1 aromatic carbocycles. The Morgan fingerprint density at radius 2 is 1.36 bits per heavy atom. The van der Waals surface area contributed by atoms with Crippen molar-refractivity contribution in [2.24, 2.45) is 0 Å². The first-order valence-electron chi connectivity index (χ1n) is 8.27. The van der Waals surface area contributed by atoms with Gasteiger partial charge in [-0.3, -0.25) is 0 Å². The Kier molecular flexibility index (Phi) is 7.79. The van der Waals surface area contributed by atoms with Crippen molar-refractivity contribution in [2.45, 2.75) is 38.9 Å². The first kappa shape index (κ1) is 21.3. The van der Waals surface area contributed by atoms with E-state index in [1.54, 1.807) is 0 Å². The van der Waals surface area contributed by atoms with Gasteiger partial charge in [-0.1, -0.05) is 20.8 Å². The monoisotopic (exact) mass is 368 g/mol. The van der Waals surface area contributed by atoms with Crippen LogP contribution in [-0.2, 0) is 13.9 Å². The summed E-state index contributed by atoms with van der Waals surface area (Å²) in [7, 11) is -1.85. The van der Waals surface area contributed by atoms with Gasteiger partial charge >= 0.3 is 11.9 Å². The lowest BCUT2D eigenvalue weighted by Crippen LogP contribution is -2.41. The molecule has 0 radical (unpaired) electrons. The number of ether oxygens (including phenoxy) is 2. The standard InChI is InChI=1S/C18H28O6Si/c1-18(2,3)25(4,5)24-13-12-23-17(21)15-8-6-14(7-9-15)16(20)22-11-10-19/h6-9,19H,10-13H2,1-5H3. The Labute approximate surface area is 150 Å². The molecule has 0 aromatic heterocycles. The summed E-state index contributed by atoms with van der Waals surface area (Å²) in [5.74, 6) is -1.01. The van der Waals surface area contributed by atoms with E-state index in [1.165, 1.54) is 24.3 Å². The summed E-state index contributed by atoms with van der Waals surface area (Å²) < 4.78 is 16.0. The molecular weight excluding hydrogens is 340 g/mol. The van der Waals surface area contributed by atoms with E-state index in [9.17, 15) is 9.59 Å². The molecule has 0 spiro atoms. The second-order valence-corrected chi connectivity index (χ2v) is 12.0. The highest BCUT2D eigenvalue weighted by atomic mass is 28.4. The smallest absolute Gasteiger partial charge is 0.338 e. The van der Waals surface area contributed by atoms with E-state index in [1.807, 2.05) is 0 Å². The molecule has 0 heterocycles. The Balaban J connectivity index is 2.47. The summed E-state index contributed by atoms with van der Waals surface area (Å²) in [6.45, 7) is 11.0. The van der Waals surface area contributed by atoms with Gasteiger partial charge in [0.25, 0.3) is 0 Å². The predicted octanol–water partition coefficient (Wildman–Crippen LogP) is 3.01. The van der Waals surface area contributed by atoms with E-state index in [4.69, 9.17) is 19.0 Å². The lowest BCUT2D eigenvalue weighted by Gasteiger charge is -2.36. The summed E-state index contributed by atoms with van der Waals surface area (Å²) in [6.07, 6.45) is 0. The first-order valence-corrected chi connectivity index (χ1v) is 11.2. The van der Waals surface area contributed by atoms with Gasteiger partial charge in [0, 0.05) is 0 Å². The van der Waals surface area contributed by atoms with E-state index in [2.05, 4.69) is 33.9 Å². The lowest BCUT2D eigenvalue weighted by atomic mass is 10.1. The van der Waals surface area contributed by atoms with Crippen molar-refractivity contribution < 1.29 is 28.6 Å². The summed E-state index contributed by atoms with van der Waals surface area (Å²) in [4.78, 5) is 23.6. The third kappa shape index (κ3) is 6.60. The molecule has 1 rings (SSSR count). The van der Waals surface area contributed by atoms with Gasteiger partial charge < -0.3 is 19.0 Å². The zero-order valence-corrected chi connectivity index (χ0v) is 16.6. The fraction of sp³-hybridized carbons (Fsp3) is 0.556. The molecule has 25 heavy (non-hydrogen) atoms. The highest BCUT2D eigenvalue weighted by molar-refractivity contribution is 6.74. The number of aliphatic hydroxyl groups excluding tert-OH is 1. The maximum Gasteiger partial charge on any atom is 0.338 e. The van der Waals surface area contributed by atoms with Gasteiger partial charge in [0.1, 0.15) is 13.2 Å². The number of hydrogen-bond acceptors (Lipinski definition) is 6. The largest absolute Gasteiger partial charge is 0.460 e. The number of carbonyl (C=O) groups excluding carboxylic acids is 2. The lowest BCUT2D eigenvalue weighted by molar-refractivity contribution is 0.0425. The molecule has 0 unspecified atom stereocenters. The summed E-state index contributed by atoms with van der Waals surface area (Å²) in [5, 5.41) is 8.74. The van der Waals surface area contributed by atoms with Crippen molar-refractivity contribution in [1.29, 1.82) is 0 Å². The van der Waals surface area contributed by atoms with Gasteiger partial charge in [-0.05, 0) is 42.4 Å². The number of benzene rings is 1. The summed E-state index contributed by atoms with van der Waals surface area (Å²) in [5.41, 5.74) is 0.664. The van der Waals surface area contributed by atoms with Crippen molar-refractivity contribution in [2.75, 3.05) is 26.4 Å². The molecular formula is C18H28O6Si. The van der Waals surface area contributed by atoms with E-state index in [-0.39, 0.29) is 24.9 Å². The highest BCUT2D eigenvalue weighted by Gasteiger charge is 2.36. The second kappa shape index (κ2) is 9.12. The molecule has 0 bridgehead atoms. The molecule has 0 amide bonds. The fourth-order valence-corrected chi connectivity index (χ4v) is 2.72. The number of esters is 2. The predicted molar refractivity (Wildman–Crippen MR) is 97.2 cm³/mol. The normalized spacial score (nSPS) is 11.9. The molecule has 0 fully saturated rings. The zero-order chi connectivity index (χ0) is 19.1. The highest BCUT2D eigenvalue weighted by Crippen LogP contribution is 2.36. The molecule has 1 aromatic rings. The molecule has 0 saturated carbocycles. The van der Waals surface area contributed by atoms with Crippen molar-refractivity contribution in [3.63, 3.8) is 0 Å². The SMILES string of the molecule is CC(C)(C)[Si](C)(C)OCCOC(=O)c1ccc(C(=O)OCCO)cc1. The van der Waals surface area contributed by atoms with Gasteiger partial charge in [-0.15, -0.1) is 0 Å². The number of rotatable bonds is 8. The second-order valence-electron chi connectivity index (χ2n) is 7.18. The molecule has 140 valence electrons. The van der Waals surface area contributed by atoms with Gasteiger partial charge in [-0.2, -0.15) is 0 Å². The van der Waals surface area contributed by atoms with Crippen LogP contribution >= 0.6 is 0 Å². The molecule has 0 atom stereocenters. The van der Waals surface area contributed by atoms with Gasteiger partial charge in [0.2, 0.25) is 0 Å². The maximum absolute atomic E-state index is 12.0. The van der Waals surface area contributed by atoms with Gasteiger partial charge in [-0.25, -0.2) is 9.59 Å². The van der Waals surface area contributed by atoms with Crippen LogP contribution in [0.3, 0.4) is 0 Å². The van der Waals surface area contributed by atoms with E-state index < -0.39 is 20.3 Å². The maximum atomic E-state index is 12.0. The van der Waals surface area contributed by atoms with Crippen molar-refractivity contribution in [1.82, 2.24) is 0 Å². The molecule has 0 aliphatic carbocycles. The molecule has 1 N–H and O–H groups in total. The summed E-state index contributed by atoms with van der Waals surface area (Å²) in [6, 6.07) is 5.99. The van der Waals surface area contributed by atoms with Crippen molar-refractivity contribution >= 4 is 20.3 Å². The van der Waals surface area contributed by atoms with Crippen LogP contribution in [0.15, 0.2) is 24.3 Å². The Morgan fingerprint density at radius 1 is 0.920 bits per heavy atom. The van der Waals surface area contributed by atoms with E-state index in [0.29, 0.717) is 17.7 Å². The first-order chi connectivity index (χ1) is 11.6. The van der Waals surface area contributed by atoms with Crippen LogP contribution in [0.4, 0.5) is 0 Å². The minimum absolute atomic E-state index is 0.0587. The Bertz CT molecular complexity index is 574. The average molecular weight is 369 g/mol. The van der Waals surface area contributed by atoms with Gasteiger partial charge in [0.15, 0.2) is 8.32 Å². The summed E-state index contributed by atoms with van der Waals surface area (Å²) >= 11 is 0. The van der Waals surface area contributed by atoms with Crippen LogP contribution in [0, 0.1) is 0 Å². The van der Waals surface area contributed by atoms with E-state index >= 15 is 0 Å². The van der Waals surface area contributed by atoms with Gasteiger partial charge in [0.05, 0.1) is 24.3 Å². The van der Waals surface area contributed by atoms with Crippen LogP contribution < -0.4 is 0 Å². The third-order valence-electron chi connectivity index (χ3n) is 4.27. The van der Waals surface area contributed by atoms with Crippen LogP contribution in [0.1, 0.15) is 41.5 Å². The van der Waals surface area contributed by atoms with E-state index in [0.717, 1.165) is 0 Å². The Morgan fingerprint density at radius 3 is 1.76 bits per heavy atom. The molecule has 6 nitrogen and oxygen atoms in total. The number of aliphatic hydroxyl groups is 1. The molecule has 0 aliphatic rings.